The molecule has 0 saturated heterocycles. The lowest BCUT2D eigenvalue weighted by molar-refractivity contribution is -0.384. The van der Waals surface area contributed by atoms with Gasteiger partial charge in [-0.15, -0.1) is 11.3 Å². The van der Waals surface area contributed by atoms with Gasteiger partial charge in [-0.1, -0.05) is 11.6 Å². The van der Waals surface area contributed by atoms with Gasteiger partial charge in [-0.25, -0.2) is 9.97 Å². The monoisotopic (exact) mass is 298 g/mol. The van der Waals surface area contributed by atoms with Crippen LogP contribution in [0.4, 0.5) is 11.5 Å². The Morgan fingerprint density at radius 2 is 2.21 bits per heavy atom. The van der Waals surface area contributed by atoms with Crippen LogP contribution in [0.1, 0.15) is 18.9 Å². The average molecular weight is 299 g/mol. The lowest BCUT2D eigenvalue weighted by Crippen LogP contribution is -2.28. The largest absolute Gasteiger partial charge is 0.353 e. The van der Waals surface area contributed by atoms with E-state index in [0.29, 0.717) is 0 Å². The Kier molecular flexibility index (Phi) is 3.68. The topological polar surface area (TPSA) is 81.0 Å². The number of aromatic nitrogens is 2. The van der Waals surface area contributed by atoms with Crippen LogP contribution in [0.2, 0.25) is 5.15 Å². The molecule has 0 aromatic carbocycles. The predicted octanol–water partition coefficient (Wildman–Crippen LogP) is 3.45. The highest BCUT2D eigenvalue weighted by atomic mass is 35.5. The molecule has 0 atom stereocenters. The van der Waals surface area contributed by atoms with Crippen molar-refractivity contribution in [2.24, 2.45) is 0 Å². The molecule has 8 heteroatoms. The van der Waals surface area contributed by atoms with E-state index in [1.807, 2.05) is 19.2 Å². The minimum atomic E-state index is -0.573. The van der Waals surface area contributed by atoms with Gasteiger partial charge in [-0.3, -0.25) is 10.1 Å². The second-order valence-electron chi connectivity index (χ2n) is 4.35. The van der Waals surface area contributed by atoms with Crippen LogP contribution in [0, 0.1) is 10.1 Å². The predicted molar refractivity (Wildman–Crippen MR) is 74.7 cm³/mol. The molecule has 2 aromatic heterocycles. The minimum Gasteiger partial charge on any atom is -0.353 e. The molecule has 1 N–H and O–H groups in total. The highest BCUT2D eigenvalue weighted by Crippen LogP contribution is 2.31. The number of nitrogens with zero attached hydrogens (tertiary/aromatic N) is 3. The van der Waals surface area contributed by atoms with Gasteiger partial charge in [0.15, 0.2) is 0 Å². The second-order valence-corrected chi connectivity index (χ2v) is 5.63. The smallest absolute Gasteiger partial charge is 0.311 e. The first-order chi connectivity index (χ1) is 8.90. The number of nitro groups is 1. The molecule has 100 valence electrons. The maximum absolute atomic E-state index is 11.0. The van der Waals surface area contributed by atoms with Gasteiger partial charge in [0.1, 0.15) is 10.2 Å². The summed E-state index contributed by atoms with van der Waals surface area (Å²) in [6, 6.07) is 2.72. The fourth-order valence-electron chi connectivity index (χ4n) is 1.55. The van der Waals surface area contributed by atoms with Crippen molar-refractivity contribution in [3.05, 3.63) is 44.0 Å². The number of rotatable bonds is 4. The van der Waals surface area contributed by atoms with Crippen LogP contribution in [-0.2, 0) is 5.54 Å². The van der Waals surface area contributed by atoms with Crippen molar-refractivity contribution < 1.29 is 4.92 Å². The van der Waals surface area contributed by atoms with Gasteiger partial charge in [-0.2, -0.15) is 0 Å². The van der Waals surface area contributed by atoms with Crippen molar-refractivity contribution in [2.45, 2.75) is 19.4 Å². The van der Waals surface area contributed by atoms with Gasteiger partial charge in [-0.05, 0) is 19.9 Å². The SMILES string of the molecule is CC(C)(Nc1nc(Cl)ccc1[N+](=O)[O-])c1nccs1. The number of hydrogen-bond donors (Lipinski definition) is 1. The normalized spacial score (nSPS) is 11.3. The van der Waals surface area contributed by atoms with Gasteiger partial charge >= 0.3 is 5.69 Å². The van der Waals surface area contributed by atoms with Crippen molar-refractivity contribution >= 4 is 34.4 Å². The Labute approximate surface area is 118 Å². The molecule has 0 amide bonds. The maximum Gasteiger partial charge on any atom is 0.311 e. The Balaban J connectivity index is 2.38. The molecular weight excluding hydrogens is 288 g/mol. The standard InChI is InChI=1S/C11H11ClN4O2S/c1-11(2,10-13-5-6-19-10)15-9-7(16(17)18)3-4-8(12)14-9/h3-6H,1-2H3,(H,14,15). The first-order valence-corrected chi connectivity index (χ1v) is 6.65. The van der Waals surface area contributed by atoms with Crippen molar-refractivity contribution in [1.82, 2.24) is 9.97 Å². The molecule has 2 rings (SSSR count). The molecule has 2 aromatic rings. The van der Waals surface area contributed by atoms with Crippen LogP contribution in [-0.4, -0.2) is 14.9 Å². The molecule has 2 heterocycles. The van der Waals surface area contributed by atoms with Gasteiger partial charge < -0.3 is 5.32 Å². The molecule has 0 bridgehead atoms. The summed E-state index contributed by atoms with van der Waals surface area (Å²) in [5.74, 6) is 0.137. The molecule has 0 radical (unpaired) electrons. The summed E-state index contributed by atoms with van der Waals surface area (Å²) in [6.07, 6.45) is 1.68. The third-order valence-electron chi connectivity index (χ3n) is 2.43. The lowest BCUT2D eigenvalue weighted by atomic mass is 10.1. The van der Waals surface area contributed by atoms with Crippen LogP contribution < -0.4 is 5.32 Å². The highest BCUT2D eigenvalue weighted by molar-refractivity contribution is 7.09. The summed E-state index contributed by atoms with van der Waals surface area (Å²) in [5, 5.41) is 16.8. The molecule has 0 spiro atoms. The fourth-order valence-corrected chi connectivity index (χ4v) is 2.41. The van der Waals surface area contributed by atoms with Gasteiger partial charge in [0.05, 0.1) is 10.5 Å². The first kappa shape index (κ1) is 13.7. The zero-order valence-corrected chi connectivity index (χ0v) is 11.8. The van der Waals surface area contributed by atoms with E-state index in [1.54, 1.807) is 6.20 Å². The summed E-state index contributed by atoms with van der Waals surface area (Å²) in [7, 11) is 0. The number of anilines is 1. The molecular formula is C11H11ClN4O2S. The highest BCUT2D eigenvalue weighted by Gasteiger charge is 2.27. The van der Waals surface area contributed by atoms with Crippen molar-refractivity contribution in [3.8, 4) is 0 Å². The Morgan fingerprint density at radius 1 is 1.47 bits per heavy atom. The number of pyridine rings is 1. The summed E-state index contributed by atoms with van der Waals surface area (Å²) in [5.41, 5.74) is -0.689. The van der Waals surface area contributed by atoms with E-state index < -0.39 is 10.5 Å². The minimum absolute atomic E-state index is 0.117. The van der Waals surface area contributed by atoms with E-state index in [-0.39, 0.29) is 16.7 Å². The summed E-state index contributed by atoms with van der Waals surface area (Å²) in [4.78, 5) is 18.7. The molecule has 0 unspecified atom stereocenters. The molecule has 0 fully saturated rings. The van der Waals surface area contributed by atoms with E-state index in [2.05, 4.69) is 15.3 Å². The van der Waals surface area contributed by atoms with Crippen LogP contribution >= 0.6 is 22.9 Å². The molecule has 0 saturated carbocycles. The number of thiazole rings is 1. The number of halogens is 1. The van der Waals surface area contributed by atoms with Crippen LogP contribution in [0.15, 0.2) is 23.7 Å². The van der Waals surface area contributed by atoms with E-state index in [4.69, 9.17) is 11.6 Å². The Bertz CT molecular complexity index is 601. The molecule has 0 aliphatic heterocycles. The van der Waals surface area contributed by atoms with Crippen LogP contribution in [0.25, 0.3) is 0 Å². The zero-order valence-electron chi connectivity index (χ0n) is 10.3. The number of hydrogen-bond acceptors (Lipinski definition) is 6. The zero-order chi connectivity index (χ0) is 14.0. The third-order valence-corrected chi connectivity index (χ3v) is 3.74. The van der Waals surface area contributed by atoms with Crippen LogP contribution in [0.5, 0.6) is 0 Å². The molecule has 0 aliphatic carbocycles. The van der Waals surface area contributed by atoms with Gasteiger partial charge in [0.2, 0.25) is 5.82 Å². The molecule has 6 nitrogen and oxygen atoms in total. The van der Waals surface area contributed by atoms with E-state index in [9.17, 15) is 10.1 Å². The Hall–Kier alpha value is -1.73. The van der Waals surface area contributed by atoms with Crippen molar-refractivity contribution in [3.63, 3.8) is 0 Å². The summed E-state index contributed by atoms with van der Waals surface area (Å²) < 4.78 is 0. The van der Waals surface area contributed by atoms with E-state index in [1.165, 1.54) is 23.5 Å². The third kappa shape index (κ3) is 2.99. The quantitative estimate of drug-likeness (QED) is 0.531. The van der Waals surface area contributed by atoms with Gasteiger partial charge in [0.25, 0.3) is 0 Å². The maximum atomic E-state index is 11.0. The molecule has 0 aliphatic rings. The van der Waals surface area contributed by atoms with E-state index in [0.717, 1.165) is 5.01 Å². The summed E-state index contributed by atoms with van der Waals surface area (Å²) in [6.45, 7) is 3.75. The average Bonchev–Trinajstić information content (AvgIpc) is 2.81. The second kappa shape index (κ2) is 5.10. The van der Waals surface area contributed by atoms with Gasteiger partial charge in [0, 0.05) is 17.6 Å². The summed E-state index contributed by atoms with van der Waals surface area (Å²) >= 11 is 7.25. The fraction of sp³-hybridized carbons (Fsp3) is 0.273. The number of nitrogens with one attached hydrogen (secondary N) is 1. The van der Waals surface area contributed by atoms with E-state index >= 15 is 0 Å². The Morgan fingerprint density at radius 3 is 2.79 bits per heavy atom. The molecule has 19 heavy (non-hydrogen) atoms. The van der Waals surface area contributed by atoms with Crippen LogP contribution in [0.3, 0.4) is 0 Å². The first-order valence-electron chi connectivity index (χ1n) is 5.39. The van der Waals surface area contributed by atoms with Crippen molar-refractivity contribution in [1.29, 1.82) is 0 Å². The van der Waals surface area contributed by atoms with Crippen molar-refractivity contribution in [2.75, 3.05) is 5.32 Å². The lowest BCUT2D eigenvalue weighted by Gasteiger charge is -2.24.